The van der Waals surface area contributed by atoms with Crippen molar-refractivity contribution in [3.63, 3.8) is 0 Å². The fourth-order valence-corrected chi connectivity index (χ4v) is 1.46. The molecule has 0 heterocycles. The van der Waals surface area contributed by atoms with E-state index in [0.717, 1.165) is 6.54 Å². The molecule has 0 aliphatic carbocycles. The first kappa shape index (κ1) is 32.5. The van der Waals surface area contributed by atoms with Crippen LogP contribution in [0.2, 0.25) is 0 Å². The summed E-state index contributed by atoms with van der Waals surface area (Å²) < 4.78 is 187. The summed E-state index contributed by atoms with van der Waals surface area (Å²) in [6.45, 7) is 3.09. The second kappa shape index (κ2) is 10.1. The van der Waals surface area contributed by atoms with Crippen LogP contribution in [0, 0.1) is 0 Å². The van der Waals surface area contributed by atoms with Crippen LogP contribution in [0.25, 0.3) is 0 Å². The molecule has 0 spiro atoms. The number of unbranched alkanes of at least 4 members (excludes halogenated alkanes) is 1. The third-order valence-corrected chi connectivity index (χ3v) is 3.39. The Morgan fingerprint density at radius 1 is 0.688 bits per heavy atom. The van der Waals surface area contributed by atoms with Gasteiger partial charge >= 0.3 is 41.7 Å². The minimum atomic E-state index is -8.42. The molecule has 32 heavy (non-hydrogen) atoms. The molecule has 0 rings (SSSR count). The van der Waals surface area contributed by atoms with Gasteiger partial charge in [0.15, 0.2) is 0 Å². The number of rotatable bonds is 10. The zero-order valence-electron chi connectivity index (χ0n) is 15.4. The minimum absolute atomic E-state index is 0.951. The highest BCUT2D eigenvalue weighted by Gasteiger charge is 2.93. The molecular weight excluding hydrogens is 501 g/mol. The van der Waals surface area contributed by atoms with Gasteiger partial charge in [0.2, 0.25) is 0 Å². The lowest BCUT2D eigenvalue weighted by atomic mass is 9.91. The van der Waals surface area contributed by atoms with Crippen LogP contribution < -0.4 is 22.5 Å². The predicted octanol–water partition coefficient (Wildman–Crippen LogP) is 3.60. The molecule has 6 N–H and O–H groups in total. The summed E-state index contributed by atoms with van der Waals surface area (Å²) in [4.78, 5) is 9.95. The van der Waals surface area contributed by atoms with Crippen LogP contribution in [0.5, 0.6) is 0 Å². The predicted molar refractivity (Wildman–Crippen MR) is 75.2 cm³/mol. The number of hydrazine groups is 2. The van der Waals surface area contributed by atoms with Crippen molar-refractivity contribution < 1.29 is 70.7 Å². The summed E-state index contributed by atoms with van der Waals surface area (Å²) in [7, 11) is 0. The van der Waals surface area contributed by atoms with E-state index in [9.17, 15) is 70.7 Å². The lowest BCUT2D eigenvalue weighted by Crippen LogP contribution is -2.73. The van der Waals surface area contributed by atoms with Crippen LogP contribution in [0.15, 0.2) is 0 Å². The van der Waals surface area contributed by atoms with Crippen LogP contribution in [-0.2, 0) is 4.79 Å². The van der Waals surface area contributed by atoms with Gasteiger partial charge in [-0.15, -0.1) is 0 Å². The smallest absolute Gasteiger partial charge is 0.364 e. The fraction of sp³-hybridized carbons (Fsp3) is 0.917. The Bertz CT molecular complexity index is 616. The number of halogens is 15. The molecule has 0 aliphatic rings. The number of nitrogens with two attached hydrogens (primary N) is 2. The fourth-order valence-electron chi connectivity index (χ4n) is 1.46. The first-order chi connectivity index (χ1) is 13.9. The molecule has 0 aromatic heterocycles. The van der Waals surface area contributed by atoms with Crippen molar-refractivity contribution in [1.82, 2.24) is 11.0 Å². The second-order valence-corrected chi connectivity index (χ2v) is 5.73. The number of alkyl halides is 15. The van der Waals surface area contributed by atoms with E-state index in [-0.39, 0.29) is 0 Å². The van der Waals surface area contributed by atoms with E-state index in [0.29, 0.717) is 0 Å². The first-order valence-electron chi connectivity index (χ1n) is 7.68. The van der Waals surface area contributed by atoms with E-state index >= 15 is 0 Å². The van der Waals surface area contributed by atoms with Gasteiger partial charge in [-0.2, -0.15) is 71.4 Å². The zero-order valence-corrected chi connectivity index (χ0v) is 15.4. The van der Waals surface area contributed by atoms with Gasteiger partial charge in [-0.25, -0.2) is 5.43 Å². The minimum Gasteiger partial charge on any atom is -0.364 e. The number of primary amides is 1. The van der Waals surface area contributed by atoms with E-state index < -0.39 is 47.6 Å². The summed E-state index contributed by atoms with van der Waals surface area (Å²) in [6, 6.07) is 0. The SMILES string of the molecule is CCCCNNN.NC(=O)C(F)(F)C(F)(F)C(F)(F)C(F)(F)C(F)(F)C(F)(F)C(F)(F)F. The Morgan fingerprint density at radius 3 is 1.31 bits per heavy atom. The Morgan fingerprint density at radius 2 is 1.03 bits per heavy atom. The zero-order chi connectivity index (χ0) is 26.6. The van der Waals surface area contributed by atoms with Gasteiger partial charge in [0.1, 0.15) is 0 Å². The van der Waals surface area contributed by atoms with Crippen molar-refractivity contribution in [2.75, 3.05) is 6.54 Å². The molecule has 0 aromatic rings. The Balaban J connectivity index is 0. The highest BCUT2D eigenvalue weighted by atomic mass is 19.4. The number of hydrogen-bond donors (Lipinski definition) is 4. The Hall–Kier alpha value is -1.70. The molecule has 0 atom stereocenters. The van der Waals surface area contributed by atoms with Gasteiger partial charge in [-0.1, -0.05) is 13.3 Å². The van der Waals surface area contributed by atoms with Crippen molar-refractivity contribution in [3.05, 3.63) is 0 Å². The van der Waals surface area contributed by atoms with Gasteiger partial charge in [0.25, 0.3) is 5.91 Å². The maximum absolute atomic E-state index is 12.9. The quantitative estimate of drug-likeness (QED) is 0.155. The van der Waals surface area contributed by atoms with Crippen molar-refractivity contribution >= 4 is 5.91 Å². The molecule has 20 heteroatoms. The van der Waals surface area contributed by atoms with Crippen molar-refractivity contribution in [2.24, 2.45) is 11.6 Å². The summed E-state index contributed by atoms with van der Waals surface area (Å²) in [5.41, 5.74) is 8.63. The molecule has 0 fully saturated rings. The summed E-state index contributed by atoms with van der Waals surface area (Å²) >= 11 is 0. The average molecular weight is 516 g/mol. The van der Waals surface area contributed by atoms with Crippen LogP contribution in [0.4, 0.5) is 65.9 Å². The van der Waals surface area contributed by atoms with E-state index in [4.69, 9.17) is 5.84 Å². The van der Waals surface area contributed by atoms with Crippen LogP contribution in [0.3, 0.4) is 0 Å². The normalized spacial score (nSPS) is 14.7. The maximum atomic E-state index is 12.9. The molecule has 0 radical (unpaired) electrons. The third-order valence-electron chi connectivity index (χ3n) is 3.39. The molecule has 5 nitrogen and oxygen atoms in total. The van der Waals surface area contributed by atoms with E-state index in [1.165, 1.54) is 12.8 Å². The molecule has 194 valence electrons. The summed E-state index contributed by atoms with van der Waals surface area (Å²) in [5.74, 6) is -46.9. The van der Waals surface area contributed by atoms with E-state index in [1.54, 1.807) is 0 Å². The molecular formula is C12H15F15N4O. The molecule has 0 saturated carbocycles. The molecule has 0 bridgehead atoms. The number of carbonyl (C=O) groups excluding carboxylic acids is 1. The Kier molecular flexibility index (Phi) is 10.2. The Labute approximate surface area is 168 Å². The van der Waals surface area contributed by atoms with Crippen LogP contribution in [0.1, 0.15) is 19.8 Å². The van der Waals surface area contributed by atoms with Gasteiger partial charge < -0.3 is 5.73 Å². The van der Waals surface area contributed by atoms with Gasteiger partial charge in [0.05, 0.1) is 0 Å². The highest BCUT2D eigenvalue weighted by Crippen LogP contribution is 2.62. The molecule has 1 amide bonds. The monoisotopic (exact) mass is 516 g/mol. The topological polar surface area (TPSA) is 93.2 Å². The van der Waals surface area contributed by atoms with Gasteiger partial charge in [-0.05, 0) is 6.42 Å². The standard InChI is InChI=1S/C8H2F15NO.C4H13N3/c9-2(10,1(24)25)3(11,12)4(13,14)5(15,16)6(17,18)7(19,20)8(21,22)23;1-2-3-4-6-7-5/h(H2,24,25);6-7H,2-5H2,1H3. The number of nitrogens with one attached hydrogen (secondary N) is 2. The highest BCUT2D eigenvalue weighted by molar-refractivity contribution is 5.83. The average Bonchev–Trinajstić information content (AvgIpc) is 2.60. The van der Waals surface area contributed by atoms with Crippen molar-refractivity contribution in [3.8, 4) is 0 Å². The largest absolute Gasteiger partial charge is 0.460 e. The summed E-state index contributed by atoms with van der Waals surface area (Å²) in [6.07, 6.45) is -5.30. The second-order valence-electron chi connectivity index (χ2n) is 5.73. The lowest BCUT2D eigenvalue weighted by Gasteiger charge is -2.40. The maximum Gasteiger partial charge on any atom is 0.460 e. The lowest BCUT2D eigenvalue weighted by molar-refractivity contribution is -0.449. The van der Waals surface area contributed by atoms with E-state index in [2.05, 4.69) is 23.6 Å². The molecule has 0 unspecified atom stereocenters. The van der Waals surface area contributed by atoms with E-state index in [1.807, 2.05) is 0 Å². The molecule has 0 aromatic carbocycles. The van der Waals surface area contributed by atoms with Gasteiger partial charge in [0, 0.05) is 6.54 Å². The van der Waals surface area contributed by atoms with Gasteiger partial charge in [-0.3, -0.25) is 10.6 Å². The number of carbonyl (C=O) groups is 1. The summed E-state index contributed by atoms with van der Waals surface area (Å²) in [5, 5.41) is 0. The first-order valence-corrected chi connectivity index (χ1v) is 7.68. The molecule has 0 aliphatic heterocycles. The third kappa shape index (κ3) is 5.43. The van der Waals surface area contributed by atoms with Crippen molar-refractivity contribution in [2.45, 2.75) is 61.5 Å². The van der Waals surface area contributed by atoms with Crippen molar-refractivity contribution in [1.29, 1.82) is 0 Å². The molecule has 0 saturated heterocycles. The number of amides is 1. The van der Waals surface area contributed by atoms with Crippen LogP contribution >= 0.6 is 0 Å². The number of hydrogen-bond acceptors (Lipinski definition) is 4. The van der Waals surface area contributed by atoms with Crippen LogP contribution in [-0.4, -0.2) is 54.2 Å².